The fourth-order valence-electron chi connectivity index (χ4n) is 1.34. The van der Waals surface area contributed by atoms with E-state index in [1.165, 1.54) is 0 Å². The molecule has 0 saturated heterocycles. The maximum atomic E-state index is 5.71. The molecular formula is C10H12N4. The molecule has 1 heterocycles. The van der Waals surface area contributed by atoms with Gasteiger partial charge in [0.15, 0.2) is 5.82 Å². The van der Waals surface area contributed by atoms with Crippen LogP contribution < -0.4 is 5.73 Å². The third-order valence-corrected chi connectivity index (χ3v) is 2.10. The van der Waals surface area contributed by atoms with Gasteiger partial charge in [-0.15, -0.1) is 0 Å². The van der Waals surface area contributed by atoms with Crippen molar-refractivity contribution in [3.8, 4) is 11.4 Å². The van der Waals surface area contributed by atoms with Crippen molar-refractivity contribution in [1.29, 1.82) is 0 Å². The van der Waals surface area contributed by atoms with Crippen LogP contribution in [-0.4, -0.2) is 15.2 Å². The maximum Gasteiger partial charge on any atom is 0.181 e. The number of benzene rings is 1. The van der Waals surface area contributed by atoms with E-state index in [0.717, 1.165) is 22.6 Å². The molecule has 14 heavy (non-hydrogen) atoms. The smallest absolute Gasteiger partial charge is 0.181 e. The van der Waals surface area contributed by atoms with E-state index in [1.54, 1.807) is 0 Å². The van der Waals surface area contributed by atoms with Gasteiger partial charge in [0.05, 0.1) is 0 Å². The predicted octanol–water partition coefficient (Wildman–Crippen LogP) is 1.67. The molecule has 0 radical (unpaired) electrons. The maximum absolute atomic E-state index is 5.71. The Bertz CT molecular complexity index is 459. The molecule has 72 valence electrons. The highest BCUT2D eigenvalue weighted by atomic mass is 15.2. The number of nitrogens with zero attached hydrogens (tertiary/aromatic N) is 2. The first kappa shape index (κ1) is 8.74. The second-order valence-corrected chi connectivity index (χ2v) is 3.32. The number of hydrogen-bond donors (Lipinski definition) is 2. The Hall–Kier alpha value is -1.84. The van der Waals surface area contributed by atoms with Gasteiger partial charge < -0.3 is 5.73 Å². The Balaban J connectivity index is 2.55. The van der Waals surface area contributed by atoms with Crippen LogP contribution in [0.1, 0.15) is 11.4 Å². The van der Waals surface area contributed by atoms with Gasteiger partial charge in [-0.25, -0.2) is 4.98 Å². The largest absolute Gasteiger partial charge is 0.399 e. The highest BCUT2D eigenvalue weighted by Crippen LogP contribution is 2.21. The number of hydrogen-bond acceptors (Lipinski definition) is 3. The van der Waals surface area contributed by atoms with Gasteiger partial charge in [0.1, 0.15) is 5.82 Å². The molecule has 0 spiro atoms. The molecule has 0 amide bonds. The van der Waals surface area contributed by atoms with Crippen molar-refractivity contribution < 1.29 is 0 Å². The zero-order valence-corrected chi connectivity index (χ0v) is 8.20. The summed E-state index contributed by atoms with van der Waals surface area (Å²) in [5, 5.41) is 6.91. The van der Waals surface area contributed by atoms with Crippen molar-refractivity contribution in [2.24, 2.45) is 0 Å². The summed E-state index contributed by atoms with van der Waals surface area (Å²) in [4.78, 5) is 4.26. The van der Waals surface area contributed by atoms with E-state index in [4.69, 9.17) is 5.73 Å². The van der Waals surface area contributed by atoms with E-state index in [0.29, 0.717) is 5.82 Å². The van der Waals surface area contributed by atoms with Crippen LogP contribution in [0.15, 0.2) is 18.2 Å². The molecule has 1 aromatic carbocycles. The van der Waals surface area contributed by atoms with Gasteiger partial charge in [-0.2, -0.15) is 5.10 Å². The van der Waals surface area contributed by atoms with Gasteiger partial charge in [-0.1, -0.05) is 6.07 Å². The lowest BCUT2D eigenvalue weighted by Crippen LogP contribution is -1.90. The summed E-state index contributed by atoms with van der Waals surface area (Å²) >= 11 is 0. The first-order valence-electron chi connectivity index (χ1n) is 4.42. The Morgan fingerprint density at radius 1 is 1.29 bits per heavy atom. The molecule has 0 unspecified atom stereocenters. The predicted molar refractivity (Wildman–Crippen MR) is 55.7 cm³/mol. The number of nitrogen functional groups attached to an aromatic ring is 1. The monoisotopic (exact) mass is 188 g/mol. The molecule has 0 aliphatic heterocycles. The van der Waals surface area contributed by atoms with Crippen molar-refractivity contribution in [2.45, 2.75) is 13.8 Å². The first-order chi connectivity index (χ1) is 6.66. The number of rotatable bonds is 1. The summed E-state index contributed by atoms with van der Waals surface area (Å²) in [6.45, 7) is 3.89. The van der Waals surface area contributed by atoms with E-state index in [-0.39, 0.29) is 0 Å². The van der Waals surface area contributed by atoms with Gasteiger partial charge in [-0.05, 0) is 31.5 Å². The fourth-order valence-corrected chi connectivity index (χ4v) is 1.34. The summed E-state index contributed by atoms with van der Waals surface area (Å²) in [5.41, 5.74) is 8.54. The number of aromatic amines is 1. The van der Waals surface area contributed by atoms with Gasteiger partial charge in [-0.3, -0.25) is 5.10 Å². The lowest BCUT2D eigenvalue weighted by molar-refractivity contribution is 1.04. The number of aryl methyl sites for hydroxylation is 2. The molecule has 0 aliphatic rings. The van der Waals surface area contributed by atoms with Gasteiger partial charge in [0.2, 0.25) is 0 Å². The number of H-pyrrole nitrogens is 1. The fraction of sp³-hybridized carbons (Fsp3) is 0.200. The minimum absolute atomic E-state index is 0.701. The molecule has 4 heteroatoms. The second kappa shape index (κ2) is 3.14. The summed E-state index contributed by atoms with van der Waals surface area (Å²) in [6, 6.07) is 5.73. The average molecular weight is 188 g/mol. The SMILES string of the molecule is Cc1nc(-c2cc(N)ccc2C)n[nH]1. The van der Waals surface area contributed by atoms with Crippen LogP contribution in [0.5, 0.6) is 0 Å². The molecule has 3 N–H and O–H groups in total. The van der Waals surface area contributed by atoms with Crippen LogP contribution in [0.4, 0.5) is 5.69 Å². The van der Waals surface area contributed by atoms with Gasteiger partial charge in [0, 0.05) is 11.3 Å². The molecule has 0 fully saturated rings. The normalized spacial score (nSPS) is 10.4. The van der Waals surface area contributed by atoms with Crippen LogP contribution in [-0.2, 0) is 0 Å². The molecule has 0 saturated carbocycles. The van der Waals surface area contributed by atoms with E-state index in [2.05, 4.69) is 15.2 Å². The Morgan fingerprint density at radius 2 is 2.07 bits per heavy atom. The third-order valence-electron chi connectivity index (χ3n) is 2.10. The molecule has 0 bridgehead atoms. The molecule has 1 aromatic heterocycles. The van der Waals surface area contributed by atoms with E-state index < -0.39 is 0 Å². The highest BCUT2D eigenvalue weighted by Gasteiger charge is 2.06. The standard InChI is InChI=1S/C10H12N4/c1-6-3-4-8(11)5-9(6)10-12-7(2)13-14-10/h3-5H,11H2,1-2H3,(H,12,13,14). The number of aromatic nitrogens is 3. The highest BCUT2D eigenvalue weighted by molar-refractivity contribution is 5.64. The zero-order valence-electron chi connectivity index (χ0n) is 8.20. The van der Waals surface area contributed by atoms with Crippen molar-refractivity contribution in [2.75, 3.05) is 5.73 Å². The summed E-state index contributed by atoms with van der Waals surface area (Å²) in [6.07, 6.45) is 0. The Labute approximate surface area is 82.2 Å². The van der Waals surface area contributed by atoms with Crippen LogP contribution in [0.25, 0.3) is 11.4 Å². The number of anilines is 1. The average Bonchev–Trinajstić information content (AvgIpc) is 2.56. The Kier molecular flexibility index (Phi) is 1.96. The quantitative estimate of drug-likeness (QED) is 0.669. The summed E-state index contributed by atoms with van der Waals surface area (Å²) in [5.74, 6) is 1.51. The van der Waals surface area contributed by atoms with Gasteiger partial charge in [0.25, 0.3) is 0 Å². The lowest BCUT2D eigenvalue weighted by atomic mass is 10.1. The first-order valence-corrected chi connectivity index (χ1v) is 4.42. The minimum atomic E-state index is 0.701. The van der Waals surface area contributed by atoms with Gasteiger partial charge >= 0.3 is 0 Å². The van der Waals surface area contributed by atoms with E-state index in [9.17, 15) is 0 Å². The third kappa shape index (κ3) is 1.46. The minimum Gasteiger partial charge on any atom is -0.399 e. The molecule has 0 aliphatic carbocycles. The summed E-state index contributed by atoms with van der Waals surface area (Å²) in [7, 11) is 0. The molecule has 4 nitrogen and oxygen atoms in total. The number of nitrogens with two attached hydrogens (primary N) is 1. The van der Waals surface area contributed by atoms with Crippen LogP contribution in [0.2, 0.25) is 0 Å². The molecule has 2 rings (SSSR count). The summed E-state index contributed by atoms with van der Waals surface area (Å²) < 4.78 is 0. The zero-order chi connectivity index (χ0) is 10.1. The molecule has 0 atom stereocenters. The van der Waals surface area contributed by atoms with Crippen molar-refractivity contribution in [1.82, 2.24) is 15.2 Å². The van der Waals surface area contributed by atoms with Crippen molar-refractivity contribution in [3.63, 3.8) is 0 Å². The van der Waals surface area contributed by atoms with E-state index in [1.807, 2.05) is 32.0 Å². The molecular weight excluding hydrogens is 176 g/mol. The van der Waals surface area contributed by atoms with Crippen LogP contribution in [0.3, 0.4) is 0 Å². The number of nitrogens with one attached hydrogen (secondary N) is 1. The topological polar surface area (TPSA) is 67.6 Å². The van der Waals surface area contributed by atoms with E-state index >= 15 is 0 Å². The molecule has 2 aromatic rings. The van der Waals surface area contributed by atoms with Crippen LogP contribution >= 0.6 is 0 Å². The van der Waals surface area contributed by atoms with Crippen molar-refractivity contribution in [3.05, 3.63) is 29.6 Å². The second-order valence-electron chi connectivity index (χ2n) is 3.32. The van der Waals surface area contributed by atoms with Crippen LogP contribution in [0, 0.1) is 13.8 Å². The van der Waals surface area contributed by atoms with Crippen molar-refractivity contribution >= 4 is 5.69 Å². The Morgan fingerprint density at radius 3 is 2.71 bits per heavy atom. The lowest BCUT2D eigenvalue weighted by Gasteiger charge is -2.01.